The number of halogens is 3. The molecule has 1 rings (SSSR count). The van der Waals surface area contributed by atoms with Gasteiger partial charge in [-0.05, 0) is 30.5 Å². The summed E-state index contributed by atoms with van der Waals surface area (Å²) < 4.78 is 70.5. The third-order valence-electron chi connectivity index (χ3n) is 5.92. The molecule has 212 valence electrons. The number of likely N-dealkylation sites (N-methyl/N-ethyl adjacent to an activating group) is 2. The normalized spacial score (nSPS) is 13.5. The maximum absolute atomic E-state index is 13.4. The Morgan fingerprint density at radius 3 is 2.19 bits per heavy atom. The van der Waals surface area contributed by atoms with E-state index in [0.29, 0.717) is 5.69 Å². The van der Waals surface area contributed by atoms with Crippen LogP contribution in [0.1, 0.15) is 57.4 Å². The number of anilines is 1. The first-order chi connectivity index (χ1) is 17.0. The Hall–Kier alpha value is -2.18. The van der Waals surface area contributed by atoms with Crippen LogP contribution >= 0.6 is 0 Å². The number of carbonyl (C=O) groups excluding carboxylic acids is 2. The molecule has 0 aromatic heterocycles. The summed E-state index contributed by atoms with van der Waals surface area (Å²) in [4.78, 5) is 23.2. The average Bonchev–Trinajstić information content (AvgIpc) is 2.78. The standard InChI is InChI=1S/C25H41F3N3O5S/c1-7-8-9-10-11-12-14-20-15-13-16-21(17-20)29(2)37(34,35)30(3)22(19-31(4,5)6)18-23(32)36-24(33)25(26,27)28/h13,15-17,22H,7-12,14,18-19H2,1-6H3/q+1/t22-/m1/s1. The van der Waals surface area contributed by atoms with Gasteiger partial charge in [0.2, 0.25) is 0 Å². The van der Waals surface area contributed by atoms with E-state index < -0.39 is 40.8 Å². The fraction of sp³-hybridized carbons (Fsp3) is 0.680. The summed E-state index contributed by atoms with van der Waals surface area (Å²) in [6, 6.07) is 6.10. The van der Waals surface area contributed by atoms with E-state index in [2.05, 4.69) is 11.7 Å². The quantitative estimate of drug-likeness (QED) is 0.140. The number of benzene rings is 1. The van der Waals surface area contributed by atoms with Crippen molar-refractivity contribution in [3.8, 4) is 0 Å². The minimum Gasteiger partial charge on any atom is -0.386 e. The number of ether oxygens (including phenoxy) is 1. The lowest BCUT2D eigenvalue weighted by molar-refractivity contribution is -0.872. The van der Waals surface area contributed by atoms with Crippen molar-refractivity contribution in [3.05, 3.63) is 29.8 Å². The first-order valence-corrected chi connectivity index (χ1v) is 13.8. The molecule has 0 fully saturated rings. The summed E-state index contributed by atoms with van der Waals surface area (Å²) in [5.74, 6) is -4.09. The number of aryl methyl sites for hydroxylation is 1. The topological polar surface area (TPSA) is 84.0 Å². The van der Waals surface area contributed by atoms with E-state index >= 15 is 0 Å². The monoisotopic (exact) mass is 552 g/mol. The van der Waals surface area contributed by atoms with Crippen LogP contribution in [0.4, 0.5) is 18.9 Å². The fourth-order valence-corrected chi connectivity index (χ4v) is 5.15. The largest absolute Gasteiger partial charge is 0.491 e. The first-order valence-electron chi connectivity index (χ1n) is 12.4. The third kappa shape index (κ3) is 11.4. The summed E-state index contributed by atoms with van der Waals surface area (Å²) in [5, 5.41) is 0. The second-order valence-electron chi connectivity index (χ2n) is 10.3. The van der Waals surface area contributed by atoms with Gasteiger partial charge in [-0.15, -0.1) is 0 Å². The van der Waals surface area contributed by atoms with E-state index in [0.717, 1.165) is 39.9 Å². The Morgan fingerprint density at radius 2 is 1.62 bits per heavy atom. The molecular weight excluding hydrogens is 511 g/mol. The molecule has 0 saturated heterocycles. The molecule has 0 saturated carbocycles. The van der Waals surface area contributed by atoms with E-state index in [4.69, 9.17) is 0 Å². The number of unbranched alkanes of at least 4 members (excludes halogenated alkanes) is 5. The highest BCUT2D eigenvalue weighted by Gasteiger charge is 2.43. The van der Waals surface area contributed by atoms with Crippen LogP contribution in [0.15, 0.2) is 24.3 Å². The summed E-state index contributed by atoms with van der Waals surface area (Å²) in [6.45, 7) is 2.25. The zero-order valence-corrected chi connectivity index (χ0v) is 23.5. The van der Waals surface area contributed by atoms with Gasteiger partial charge in [0.05, 0.1) is 45.8 Å². The molecule has 12 heteroatoms. The molecule has 1 atom stereocenters. The van der Waals surface area contributed by atoms with Crippen LogP contribution in [0.2, 0.25) is 0 Å². The number of carbonyl (C=O) groups is 2. The van der Waals surface area contributed by atoms with Crippen molar-refractivity contribution in [1.29, 1.82) is 0 Å². The minimum atomic E-state index is -5.33. The van der Waals surface area contributed by atoms with E-state index in [1.807, 2.05) is 6.07 Å². The van der Waals surface area contributed by atoms with Crippen molar-refractivity contribution in [2.24, 2.45) is 0 Å². The van der Waals surface area contributed by atoms with Crippen molar-refractivity contribution in [3.63, 3.8) is 0 Å². The number of hydrogen-bond acceptors (Lipinski definition) is 5. The molecule has 37 heavy (non-hydrogen) atoms. The Bertz CT molecular complexity index is 994. The number of rotatable bonds is 15. The number of hydrogen-bond donors (Lipinski definition) is 0. The zero-order chi connectivity index (χ0) is 28.4. The van der Waals surface area contributed by atoms with Gasteiger partial charge in [-0.25, -0.2) is 4.79 Å². The Balaban J connectivity index is 3.01. The maximum atomic E-state index is 13.4. The highest BCUT2D eigenvalue weighted by Crippen LogP contribution is 2.24. The van der Waals surface area contributed by atoms with Crippen LogP contribution in [0.3, 0.4) is 0 Å². The van der Waals surface area contributed by atoms with Crippen LogP contribution < -0.4 is 4.31 Å². The SMILES string of the molecule is CCCCCCCCc1cccc(N(C)S(=O)(=O)N(C)[C@H](CC(=O)OC(=O)C(F)(F)F)C[N+](C)(C)C)c1. The molecule has 0 aliphatic rings. The van der Waals surface area contributed by atoms with E-state index in [1.54, 1.807) is 39.3 Å². The predicted molar refractivity (Wildman–Crippen MR) is 137 cm³/mol. The number of quaternary nitrogens is 1. The summed E-state index contributed by atoms with van der Waals surface area (Å²) in [7, 11) is 3.69. The van der Waals surface area contributed by atoms with Crippen molar-refractivity contribution in [2.45, 2.75) is 70.5 Å². The van der Waals surface area contributed by atoms with Gasteiger partial charge in [0, 0.05) is 14.1 Å². The number of alkyl halides is 3. The second-order valence-corrected chi connectivity index (χ2v) is 12.3. The molecule has 0 aliphatic carbocycles. The Labute approximate surface area is 219 Å². The smallest absolute Gasteiger partial charge is 0.386 e. The van der Waals surface area contributed by atoms with E-state index in [1.165, 1.54) is 33.4 Å². The Morgan fingerprint density at radius 1 is 1.03 bits per heavy atom. The first kappa shape index (κ1) is 32.8. The van der Waals surface area contributed by atoms with Gasteiger partial charge in [0.1, 0.15) is 0 Å². The van der Waals surface area contributed by atoms with Crippen LogP contribution in [0.25, 0.3) is 0 Å². The Kier molecular flexibility index (Phi) is 12.5. The lowest BCUT2D eigenvalue weighted by Gasteiger charge is -2.35. The summed E-state index contributed by atoms with van der Waals surface area (Å²) in [5.41, 5.74) is 1.42. The van der Waals surface area contributed by atoms with E-state index in [-0.39, 0.29) is 11.0 Å². The average molecular weight is 553 g/mol. The van der Waals surface area contributed by atoms with Gasteiger partial charge in [-0.3, -0.25) is 9.10 Å². The predicted octanol–water partition coefficient (Wildman–Crippen LogP) is 4.30. The molecule has 0 unspecified atom stereocenters. The van der Waals surface area contributed by atoms with Gasteiger partial charge in [-0.2, -0.15) is 25.9 Å². The van der Waals surface area contributed by atoms with Crippen molar-refractivity contribution < 1.29 is 40.4 Å². The van der Waals surface area contributed by atoms with Gasteiger partial charge >= 0.3 is 28.3 Å². The van der Waals surface area contributed by atoms with Crippen molar-refractivity contribution in [1.82, 2.24) is 4.31 Å². The molecule has 8 nitrogen and oxygen atoms in total. The number of esters is 2. The van der Waals surface area contributed by atoms with Gasteiger partial charge < -0.3 is 9.22 Å². The van der Waals surface area contributed by atoms with E-state index in [9.17, 15) is 31.2 Å². The lowest BCUT2D eigenvalue weighted by Crippen LogP contribution is -2.53. The molecule has 0 aliphatic heterocycles. The molecule has 0 spiro atoms. The molecule has 1 aromatic carbocycles. The minimum absolute atomic E-state index is 0.0803. The van der Waals surface area contributed by atoms with Gasteiger partial charge in [-0.1, -0.05) is 51.2 Å². The second kappa shape index (κ2) is 14.1. The number of nitrogens with zero attached hydrogens (tertiary/aromatic N) is 3. The summed E-state index contributed by atoms with van der Waals surface area (Å²) in [6.07, 6.45) is 1.62. The molecule has 0 amide bonds. The van der Waals surface area contributed by atoms with Crippen LogP contribution in [-0.4, -0.2) is 83.1 Å². The van der Waals surface area contributed by atoms with Gasteiger partial charge in [0.25, 0.3) is 0 Å². The molecule has 0 radical (unpaired) electrons. The highest BCUT2D eigenvalue weighted by molar-refractivity contribution is 7.90. The van der Waals surface area contributed by atoms with Crippen LogP contribution in [0, 0.1) is 0 Å². The van der Waals surface area contributed by atoms with Crippen molar-refractivity contribution in [2.75, 3.05) is 46.1 Å². The molecule has 1 aromatic rings. The lowest BCUT2D eigenvalue weighted by atomic mass is 10.0. The molecule has 0 bridgehead atoms. The van der Waals surface area contributed by atoms with Gasteiger partial charge in [0.15, 0.2) is 0 Å². The molecular formula is C25H41F3N3O5S+. The van der Waals surface area contributed by atoms with Crippen LogP contribution in [0.5, 0.6) is 0 Å². The maximum Gasteiger partial charge on any atom is 0.491 e. The molecule has 0 N–H and O–H groups in total. The zero-order valence-electron chi connectivity index (χ0n) is 22.7. The molecule has 0 heterocycles. The van der Waals surface area contributed by atoms with Crippen molar-refractivity contribution >= 4 is 27.8 Å². The van der Waals surface area contributed by atoms with Crippen LogP contribution in [-0.2, 0) is 31.0 Å². The summed E-state index contributed by atoms with van der Waals surface area (Å²) >= 11 is 0. The fourth-order valence-electron chi connectivity index (χ4n) is 3.87. The third-order valence-corrected chi connectivity index (χ3v) is 7.85. The highest BCUT2D eigenvalue weighted by atomic mass is 32.2.